The molecule has 0 bridgehead atoms. The van der Waals surface area contributed by atoms with E-state index in [4.69, 9.17) is 4.74 Å². The average molecular weight is 404 g/mol. The molecule has 5 rings (SSSR count). The minimum absolute atomic E-state index is 0.0998. The Labute approximate surface area is 174 Å². The van der Waals surface area contributed by atoms with Gasteiger partial charge in [0.05, 0.1) is 16.8 Å². The van der Waals surface area contributed by atoms with E-state index in [0.29, 0.717) is 24.5 Å². The van der Waals surface area contributed by atoms with Crippen molar-refractivity contribution in [1.29, 1.82) is 0 Å². The smallest absolute Gasteiger partial charge is 0.255 e. The van der Waals surface area contributed by atoms with Crippen molar-refractivity contribution in [3.8, 4) is 17.3 Å². The number of nitrogens with one attached hydrogen (secondary N) is 1. The van der Waals surface area contributed by atoms with Gasteiger partial charge in [0.2, 0.25) is 5.88 Å². The molecule has 1 fully saturated rings. The highest BCUT2D eigenvalue weighted by atomic mass is 16.5. The van der Waals surface area contributed by atoms with Crippen LogP contribution in [0.4, 0.5) is 0 Å². The van der Waals surface area contributed by atoms with Crippen molar-refractivity contribution < 1.29 is 4.74 Å². The van der Waals surface area contributed by atoms with Crippen LogP contribution in [0.25, 0.3) is 11.4 Å². The zero-order valence-electron chi connectivity index (χ0n) is 16.8. The molecule has 8 nitrogen and oxygen atoms in total. The van der Waals surface area contributed by atoms with E-state index in [-0.39, 0.29) is 11.7 Å². The van der Waals surface area contributed by atoms with E-state index < -0.39 is 0 Å². The van der Waals surface area contributed by atoms with E-state index in [1.807, 2.05) is 6.07 Å². The van der Waals surface area contributed by atoms with E-state index in [1.54, 1.807) is 18.6 Å². The first-order valence-electron chi connectivity index (χ1n) is 10.5. The molecule has 3 aromatic rings. The second kappa shape index (κ2) is 8.31. The average Bonchev–Trinajstić information content (AvgIpc) is 3.29. The molecule has 0 radical (unpaired) electrons. The van der Waals surface area contributed by atoms with E-state index in [0.717, 1.165) is 48.5 Å². The first kappa shape index (κ1) is 18.9. The third-order valence-electron chi connectivity index (χ3n) is 5.81. The van der Waals surface area contributed by atoms with Crippen molar-refractivity contribution in [3.05, 3.63) is 64.2 Å². The van der Waals surface area contributed by atoms with Gasteiger partial charge in [0.25, 0.3) is 5.56 Å². The van der Waals surface area contributed by atoms with Gasteiger partial charge in [0.15, 0.2) is 0 Å². The van der Waals surface area contributed by atoms with Gasteiger partial charge in [-0.15, -0.1) is 0 Å². The van der Waals surface area contributed by atoms with Gasteiger partial charge in [-0.3, -0.25) is 9.69 Å². The normalized spacial score (nSPS) is 17.1. The molecule has 0 amide bonds. The molecular weight excluding hydrogens is 380 g/mol. The fourth-order valence-electron chi connectivity index (χ4n) is 4.23. The summed E-state index contributed by atoms with van der Waals surface area (Å²) in [6.07, 6.45) is 12.2. The van der Waals surface area contributed by atoms with Crippen LogP contribution in [0.15, 0.2) is 41.8 Å². The summed E-state index contributed by atoms with van der Waals surface area (Å²) in [5.41, 5.74) is 3.25. The Morgan fingerprint density at radius 2 is 2.03 bits per heavy atom. The zero-order valence-corrected chi connectivity index (χ0v) is 16.8. The Morgan fingerprint density at radius 3 is 2.87 bits per heavy atom. The first-order chi connectivity index (χ1) is 14.8. The number of hydrogen-bond acceptors (Lipinski definition) is 7. The maximum atomic E-state index is 12.8. The second-order valence-electron chi connectivity index (χ2n) is 7.92. The van der Waals surface area contributed by atoms with Crippen LogP contribution in [-0.4, -0.2) is 42.5 Å². The molecule has 4 heterocycles. The summed E-state index contributed by atoms with van der Waals surface area (Å²) in [5, 5.41) is 0. The predicted molar refractivity (Wildman–Crippen MR) is 111 cm³/mol. The fraction of sp³-hybridized carbons (Fsp3) is 0.409. The molecule has 8 heteroatoms. The topological polar surface area (TPSA) is 96.9 Å². The maximum Gasteiger partial charge on any atom is 0.255 e. The van der Waals surface area contributed by atoms with E-state index in [1.165, 1.54) is 19.2 Å². The molecule has 0 atom stereocenters. The van der Waals surface area contributed by atoms with Gasteiger partial charge in [-0.05, 0) is 31.7 Å². The van der Waals surface area contributed by atoms with Gasteiger partial charge in [-0.25, -0.2) is 19.9 Å². The Bertz CT molecular complexity index is 1080. The minimum Gasteiger partial charge on any atom is -0.474 e. The molecule has 0 saturated heterocycles. The first-order valence-corrected chi connectivity index (χ1v) is 10.5. The Kier molecular flexibility index (Phi) is 5.23. The van der Waals surface area contributed by atoms with Crippen LogP contribution in [0.5, 0.6) is 5.88 Å². The highest BCUT2D eigenvalue weighted by Crippen LogP contribution is 2.27. The lowest BCUT2D eigenvalue weighted by molar-refractivity contribution is 0.190. The van der Waals surface area contributed by atoms with Crippen molar-refractivity contribution in [1.82, 2.24) is 29.8 Å². The number of rotatable bonds is 5. The van der Waals surface area contributed by atoms with Gasteiger partial charge >= 0.3 is 0 Å². The summed E-state index contributed by atoms with van der Waals surface area (Å²) in [6, 6.07) is 4.01. The molecule has 0 spiro atoms. The monoisotopic (exact) mass is 404 g/mol. The number of aromatic nitrogens is 5. The number of H-pyrrole nitrogens is 1. The van der Waals surface area contributed by atoms with Gasteiger partial charge in [0.1, 0.15) is 18.3 Å². The minimum atomic E-state index is -0.0998. The SMILES string of the molecule is O=c1[nH]c(-c2cncnc2)nc2c1CN(Cc1cccnc1OC1CCCC1)CC2. The largest absolute Gasteiger partial charge is 0.474 e. The molecule has 1 N–H and O–H groups in total. The summed E-state index contributed by atoms with van der Waals surface area (Å²) in [5.74, 6) is 1.24. The number of nitrogens with zero attached hydrogens (tertiary/aromatic N) is 5. The van der Waals surface area contributed by atoms with Crippen LogP contribution in [-0.2, 0) is 19.5 Å². The second-order valence-corrected chi connectivity index (χ2v) is 7.92. The molecule has 1 aliphatic heterocycles. The third-order valence-corrected chi connectivity index (χ3v) is 5.81. The van der Waals surface area contributed by atoms with Crippen molar-refractivity contribution in [2.45, 2.75) is 51.3 Å². The van der Waals surface area contributed by atoms with Gasteiger partial charge in [0, 0.05) is 50.2 Å². The molecule has 3 aromatic heterocycles. The summed E-state index contributed by atoms with van der Waals surface area (Å²) in [4.78, 5) is 35.1. The molecular formula is C22H24N6O2. The molecule has 154 valence electrons. The predicted octanol–water partition coefficient (Wildman–Crippen LogP) is 2.50. The van der Waals surface area contributed by atoms with Gasteiger partial charge in [-0.1, -0.05) is 6.07 Å². The van der Waals surface area contributed by atoms with E-state index in [2.05, 4.69) is 35.9 Å². The van der Waals surface area contributed by atoms with Crippen molar-refractivity contribution in [2.75, 3.05) is 6.54 Å². The Hall–Kier alpha value is -3.13. The Balaban J connectivity index is 1.34. The summed E-state index contributed by atoms with van der Waals surface area (Å²) in [7, 11) is 0. The van der Waals surface area contributed by atoms with Crippen molar-refractivity contribution in [2.24, 2.45) is 0 Å². The Morgan fingerprint density at radius 1 is 1.20 bits per heavy atom. The third kappa shape index (κ3) is 3.95. The zero-order chi connectivity index (χ0) is 20.3. The van der Waals surface area contributed by atoms with Crippen LogP contribution in [0, 0.1) is 0 Å². The van der Waals surface area contributed by atoms with Gasteiger partial charge in [-0.2, -0.15) is 0 Å². The van der Waals surface area contributed by atoms with Crippen LogP contribution < -0.4 is 10.3 Å². The highest BCUT2D eigenvalue weighted by Gasteiger charge is 2.24. The summed E-state index contributed by atoms with van der Waals surface area (Å²) >= 11 is 0. The lowest BCUT2D eigenvalue weighted by Crippen LogP contribution is -2.35. The van der Waals surface area contributed by atoms with Crippen molar-refractivity contribution >= 4 is 0 Å². The fourth-order valence-corrected chi connectivity index (χ4v) is 4.23. The quantitative estimate of drug-likeness (QED) is 0.698. The number of ether oxygens (including phenoxy) is 1. The van der Waals surface area contributed by atoms with Gasteiger partial charge < -0.3 is 9.72 Å². The molecule has 0 aromatic carbocycles. The molecule has 2 aliphatic rings. The summed E-state index contributed by atoms with van der Waals surface area (Å²) in [6.45, 7) is 2.08. The van der Waals surface area contributed by atoms with Crippen LogP contribution in [0.3, 0.4) is 0 Å². The van der Waals surface area contributed by atoms with Crippen LogP contribution >= 0.6 is 0 Å². The van der Waals surface area contributed by atoms with Crippen molar-refractivity contribution in [3.63, 3.8) is 0 Å². The number of fused-ring (bicyclic) bond motifs is 1. The maximum absolute atomic E-state index is 12.8. The molecule has 0 unspecified atom stereocenters. The molecule has 30 heavy (non-hydrogen) atoms. The highest BCUT2D eigenvalue weighted by molar-refractivity contribution is 5.52. The van der Waals surface area contributed by atoms with E-state index in [9.17, 15) is 4.79 Å². The summed E-state index contributed by atoms with van der Waals surface area (Å²) < 4.78 is 6.18. The van der Waals surface area contributed by atoms with Crippen LogP contribution in [0.2, 0.25) is 0 Å². The lowest BCUT2D eigenvalue weighted by atomic mass is 10.1. The molecule has 1 aliphatic carbocycles. The lowest BCUT2D eigenvalue weighted by Gasteiger charge is -2.28. The number of aromatic amines is 1. The standard InChI is InChI=1S/C22H24N6O2/c29-21-18-13-28(9-7-19(18)26-20(27-21)16-10-23-14-24-11-16)12-15-4-3-8-25-22(15)30-17-5-1-2-6-17/h3-4,8,10-11,14,17H,1-2,5-7,9,12-13H2,(H,26,27,29). The number of hydrogen-bond donors (Lipinski definition) is 1. The molecule has 1 saturated carbocycles. The van der Waals surface area contributed by atoms with E-state index >= 15 is 0 Å². The van der Waals surface area contributed by atoms with Crippen LogP contribution in [0.1, 0.15) is 42.5 Å². The number of pyridine rings is 1.